The summed E-state index contributed by atoms with van der Waals surface area (Å²) >= 11 is 0. The van der Waals surface area contributed by atoms with Gasteiger partial charge in [0.15, 0.2) is 0 Å². The molecule has 0 spiro atoms. The van der Waals surface area contributed by atoms with E-state index in [1.165, 1.54) is 0 Å². The Labute approximate surface area is 417 Å². The molecule has 0 amide bonds. The summed E-state index contributed by atoms with van der Waals surface area (Å²) in [6.45, 7) is 0. The average Bonchev–Trinajstić information content (AvgIpc) is 3.46. The molecule has 348 valence electrons. The average molecular weight is 938 g/mol. The smallest absolute Gasteiger partial charge is 0.240 e. The highest BCUT2D eigenvalue weighted by Gasteiger charge is 2.28. The second-order valence-electron chi connectivity index (χ2n) is 17.2. The van der Waals surface area contributed by atoms with Gasteiger partial charge in [-0.3, -0.25) is 0 Å². The van der Waals surface area contributed by atoms with Crippen molar-refractivity contribution in [3.05, 3.63) is 251 Å². The molecule has 0 bridgehead atoms. The number of ether oxygens (including phenoxy) is 4. The number of nitrogens with zero attached hydrogens (tertiary/aromatic N) is 3. The van der Waals surface area contributed by atoms with Gasteiger partial charge in [-0.2, -0.15) is 0 Å². The van der Waals surface area contributed by atoms with E-state index >= 15 is 0 Å². The van der Waals surface area contributed by atoms with Crippen molar-refractivity contribution in [1.82, 2.24) is 15.0 Å². The van der Waals surface area contributed by atoms with E-state index in [1.807, 2.05) is 97.1 Å². The molecule has 0 saturated heterocycles. The summed E-state index contributed by atoms with van der Waals surface area (Å²) in [6.07, 6.45) is 0. The summed E-state index contributed by atoms with van der Waals surface area (Å²) in [7, 11) is 6.73. The molecule has 0 saturated carbocycles. The Morgan fingerprint density at radius 3 is 0.944 bits per heavy atom. The molecule has 0 radical (unpaired) electrons. The normalized spacial score (nSPS) is 11.1. The van der Waals surface area contributed by atoms with Gasteiger partial charge in [0.1, 0.15) is 45.2 Å². The molecular formula is C64H49N4O4+. The number of benzene rings is 9. The lowest BCUT2D eigenvalue weighted by molar-refractivity contribution is -0.331. The third-order valence-electron chi connectivity index (χ3n) is 13.0. The Balaban J connectivity index is 1.50. The number of aromatic amines is 1. The molecular weight excluding hydrogens is 889 g/mol. The molecule has 0 unspecified atom stereocenters. The minimum atomic E-state index is 0.657. The van der Waals surface area contributed by atoms with E-state index in [1.54, 1.807) is 28.4 Å². The molecule has 0 aliphatic carbocycles. The Kier molecular flexibility index (Phi) is 12.5. The number of methoxy groups -OCH3 is 4. The number of hydrogen-bond donors (Lipinski definition) is 0. The molecule has 2 aromatic heterocycles. The molecule has 0 atom stereocenters. The van der Waals surface area contributed by atoms with Crippen molar-refractivity contribution in [3.8, 4) is 68.0 Å². The van der Waals surface area contributed by atoms with Gasteiger partial charge in [-0.05, 0) is 82.9 Å². The van der Waals surface area contributed by atoms with Crippen LogP contribution in [-0.2, 0) is 0 Å². The van der Waals surface area contributed by atoms with Crippen molar-refractivity contribution in [3.63, 3.8) is 0 Å². The van der Waals surface area contributed by atoms with Crippen LogP contribution in [-0.4, -0.2) is 43.4 Å². The second-order valence-corrected chi connectivity index (χ2v) is 17.2. The summed E-state index contributed by atoms with van der Waals surface area (Å²) in [6, 6.07) is 74.1. The first-order valence-electron chi connectivity index (χ1n) is 23.7. The van der Waals surface area contributed by atoms with Gasteiger partial charge in [0.25, 0.3) is 0 Å². The second kappa shape index (κ2) is 19.9. The standard InChI is InChI=1S/C64H48N4O4/c1-69-49-33-25-41(26-34-49)53(42-27-35-50(70-2)36-28-42)55-61-63(67-59(47-21-13-7-14-22-47)57(65-61)45-17-9-5-10-18-45)56(54(43-29-37-51(71-3)38-30-43)44-31-39-52(72-4)40-32-44)64-62(55)66-58(46-19-11-6-12-20-46)60(68-64)48-23-15-8-16-24-48/h5-40H,1-4H3/p+1. The Bertz CT molecular complexity index is 3330. The van der Waals surface area contributed by atoms with Crippen molar-refractivity contribution < 1.29 is 23.9 Å². The van der Waals surface area contributed by atoms with Crippen LogP contribution in [0.3, 0.4) is 0 Å². The van der Waals surface area contributed by atoms with Crippen molar-refractivity contribution in [2.45, 2.75) is 0 Å². The zero-order valence-electron chi connectivity index (χ0n) is 40.3. The highest BCUT2D eigenvalue weighted by Crippen LogP contribution is 2.35. The number of fused-ring (bicyclic) bond motifs is 2. The molecule has 8 nitrogen and oxygen atoms in total. The molecule has 2 heterocycles. The number of H-pyrrole nitrogens is 1. The lowest BCUT2D eigenvalue weighted by atomic mass is 9.90. The van der Waals surface area contributed by atoms with Crippen LogP contribution in [0.5, 0.6) is 23.0 Å². The summed E-state index contributed by atoms with van der Waals surface area (Å²) in [4.78, 5) is 22.0. The molecule has 11 aromatic rings. The maximum absolute atomic E-state index is 5.96. The molecule has 8 heteroatoms. The monoisotopic (exact) mass is 937 g/mol. The third kappa shape index (κ3) is 8.56. The van der Waals surface area contributed by atoms with Gasteiger partial charge in [-0.25, -0.2) is 19.9 Å². The van der Waals surface area contributed by atoms with Crippen LogP contribution < -0.4 is 34.4 Å². The maximum Gasteiger partial charge on any atom is 0.240 e. The van der Waals surface area contributed by atoms with Gasteiger partial charge in [0, 0.05) is 38.6 Å². The number of nitrogens with one attached hydrogen (secondary N) is 1. The summed E-state index contributed by atoms with van der Waals surface area (Å²) in [5, 5.41) is 1.61. The number of rotatable bonds is 12. The highest BCUT2D eigenvalue weighted by atomic mass is 16.5. The Morgan fingerprint density at radius 2 is 0.597 bits per heavy atom. The molecule has 0 aliphatic rings. The van der Waals surface area contributed by atoms with Crippen LogP contribution in [0.4, 0.5) is 0 Å². The Morgan fingerprint density at radius 1 is 0.306 bits per heavy atom. The van der Waals surface area contributed by atoms with Crippen LogP contribution in [0.2, 0.25) is 0 Å². The number of aromatic nitrogens is 4. The van der Waals surface area contributed by atoms with Crippen molar-refractivity contribution in [2.24, 2.45) is 0 Å². The van der Waals surface area contributed by atoms with E-state index in [2.05, 4.69) is 126 Å². The zero-order chi connectivity index (χ0) is 49.0. The van der Waals surface area contributed by atoms with Crippen molar-refractivity contribution >= 4 is 33.2 Å². The van der Waals surface area contributed by atoms with Crippen molar-refractivity contribution in [2.75, 3.05) is 28.4 Å². The summed E-state index contributed by atoms with van der Waals surface area (Å²) in [5.74, 6) is 2.95. The lowest BCUT2D eigenvalue weighted by Gasteiger charge is -2.18. The van der Waals surface area contributed by atoms with E-state index < -0.39 is 0 Å². The molecule has 9 aromatic carbocycles. The topological polar surface area (TPSA) is 89.7 Å². The fourth-order valence-corrected chi connectivity index (χ4v) is 9.48. The predicted molar refractivity (Wildman–Crippen MR) is 288 cm³/mol. The molecule has 1 N–H and O–H groups in total. The molecule has 0 aliphatic heterocycles. The SMILES string of the molecule is COc1ccc(C(c2ccc(OC)cc2)=c2c3nc(-c4ccccc4)c(-c4ccccc4)nc3c(=C(c3ccc(OC)cc3)c3ccc(OC)cc3)c3[nH+]c(-c4ccccc4)c(-c4ccccc4)nc23)cc1. The van der Waals surface area contributed by atoms with Crippen LogP contribution >= 0.6 is 0 Å². The van der Waals surface area contributed by atoms with Crippen LogP contribution in [0.1, 0.15) is 22.3 Å². The van der Waals surface area contributed by atoms with E-state index in [0.29, 0.717) is 16.6 Å². The first-order chi connectivity index (χ1) is 35.5. The van der Waals surface area contributed by atoms with E-state index in [4.69, 9.17) is 33.9 Å². The largest absolute Gasteiger partial charge is 0.497 e. The number of hydrogen-bond acceptors (Lipinski definition) is 7. The molecule has 11 rings (SSSR count). The van der Waals surface area contributed by atoms with Gasteiger partial charge >= 0.3 is 0 Å². The minimum Gasteiger partial charge on any atom is -0.497 e. The van der Waals surface area contributed by atoms with E-state index in [-0.39, 0.29) is 0 Å². The first-order valence-corrected chi connectivity index (χ1v) is 23.7. The summed E-state index contributed by atoms with van der Waals surface area (Å²) < 4.78 is 23.0. The van der Waals surface area contributed by atoms with Gasteiger partial charge in [-0.15, -0.1) is 0 Å². The molecule has 72 heavy (non-hydrogen) atoms. The van der Waals surface area contributed by atoms with Crippen LogP contribution in [0.15, 0.2) is 218 Å². The van der Waals surface area contributed by atoms with Gasteiger partial charge < -0.3 is 18.9 Å². The van der Waals surface area contributed by atoms with Crippen LogP contribution in [0.25, 0.3) is 78.2 Å². The fraction of sp³-hybridized carbons (Fsp3) is 0.0625. The van der Waals surface area contributed by atoms with Gasteiger partial charge in [0.2, 0.25) is 11.2 Å². The van der Waals surface area contributed by atoms with Gasteiger partial charge in [0.05, 0.1) is 45.0 Å². The Hall–Kier alpha value is -9.40. The van der Waals surface area contributed by atoms with Crippen LogP contribution in [0, 0.1) is 0 Å². The molecule has 0 fully saturated rings. The first kappa shape index (κ1) is 45.1. The van der Waals surface area contributed by atoms with E-state index in [9.17, 15) is 0 Å². The fourth-order valence-electron chi connectivity index (χ4n) is 9.48. The van der Waals surface area contributed by atoms with Gasteiger partial charge in [-0.1, -0.05) is 158 Å². The maximum atomic E-state index is 5.96. The van der Waals surface area contributed by atoms with Crippen molar-refractivity contribution in [1.29, 1.82) is 0 Å². The van der Waals surface area contributed by atoms with E-state index in [0.717, 1.165) is 117 Å². The highest BCUT2D eigenvalue weighted by molar-refractivity contribution is 6.03. The quantitative estimate of drug-likeness (QED) is 0.113. The lowest BCUT2D eigenvalue weighted by Crippen LogP contribution is -2.30. The zero-order valence-corrected chi connectivity index (χ0v) is 40.3. The third-order valence-corrected chi connectivity index (χ3v) is 13.0. The summed E-state index contributed by atoms with van der Waals surface area (Å²) in [5.41, 5.74) is 15.1. The minimum absolute atomic E-state index is 0.657. The predicted octanol–water partition coefficient (Wildman–Crippen LogP) is 12.2.